The fourth-order valence-corrected chi connectivity index (χ4v) is 2.33. The number of nitrogens with zero attached hydrogens (tertiary/aromatic N) is 1. The van der Waals surface area contributed by atoms with Crippen molar-refractivity contribution < 1.29 is 9.90 Å². The maximum absolute atomic E-state index is 10.9. The number of carbonyl (C=O) groups is 1. The van der Waals surface area contributed by atoms with E-state index in [9.17, 15) is 4.79 Å². The quantitative estimate of drug-likeness (QED) is 0.913. The molecule has 0 bridgehead atoms. The molecule has 0 aliphatic rings. The molecule has 104 valence electrons. The van der Waals surface area contributed by atoms with Crippen LogP contribution < -0.4 is 0 Å². The summed E-state index contributed by atoms with van der Waals surface area (Å²) in [6.07, 6.45) is 0. The van der Waals surface area contributed by atoms with E-state index in [2.05, 4.69) is 4.90 Å². The van der Waals surface area contributed by atoms with Crippen LogP contribution >= 0.6 is 11.6 Å². The lowest BCUT2D eigenvalue weighted by Crippen LogP contribution is -2.17. The maximum Gasteiger partial charge on any atom is 0.335 e. The van der Waals surface area contributed by atoms with Gasteiger partial charge >= 0.3 is 5.97 Å². The first-order valence-electron chi connectivity index (χ1n) is 6.30. The van der Waals surface area contributed by atoms with Gasteiger partial charge in [-0.05, 0) is 42.4 Å². The molecular formula is C16H16ClNO2. The van der Waals surface area contributed by atoms with E-state index in [1.165, 1.54) is 0 Å². The molecule has 20 heavy (non-hydrogen) atoms. The van der Waals surface area contributed by atoms with Crippen molar-refractivity contribution in [1.82, 2.24) is 4.90 Å². The molecule has 0 unspecified atom stereocenters. The third kappa shape index (κ3) is 4.08. The van der Waals surface area contributed by atoms with Gasteiger partial charge < -0.3 is 5.11 Å². The number of benzene rings is 2. The van der Waals surface area contributed by atoms with Gasteiger partial charge in [-0.25, -0.2) is 4.79 Å². The highest BCUT2D eigenvalue weighted by Gasteiger charge is 2.06. The molecule has 3 nitrogen and oxygen atoms in total. The minimum Gasteiger partial charge on any atom is -0.478 e. The number of aromatic carboxylic acids is 1. The minimum absolute atomic E-state index is 0.318. The number of carboxylic acid groups (broad SMARTS) is 1. The summed E-state index contributed by atoms with van der Waals surface area (Å²) >= 11 is 5.96. The Morgan fingerprint density at radius 2 is 1.70 bits per heavy atom. The lowest BCUT2D eigenvalue weighted by Gasteiger charge is -2.17. The monoisotopic (exact) mass is 289 g/mol. The number of hydrogen-bond acceptors (Lipinski definition) is 2. The van der Waals surface area contributed by atoms with Crippen LogP contribution in [0.15, 0.2) is 48.5 Å². The number of carboxylic acids is 1. The molecule has 4 heteroatoms. The van der Waals surface area contributed by atoms with Crippen LogP contribution in [0.25, 0.3) is 0 Å². The van der Waals surface area contributed by atoms with Crippen LogP contribution in [0.2, 0.25) is 5.02 Å². The van der Waals surface area contributed by atoms with Crippen LogP contribution in [-0.2, 0) is 13.1 Å². The molecule has 0 saturated heterocycles. The minimum atomic E-state index is -0.899. The Morgan fingerprint density at radius 3 is 2.30 bits per heavy atom. The van der Waals surface area contributed by atoms with Gasteiger partial charge in [0.15, 0.2) is 0 Å². The highest BCUT2D eigenvalue weighted by Crippen LogP contribution is 2.14. The fourth-order valence-electron chi connectivity index (χ4n) is 2.12. The number of hydrogen-bond donors (Lipinski definition) is 1. The SMILES string of the molecule is CN(Cc1cccc(Cl)c1)Cc1cccc(C(=O)O)c1. The van der Waals surface area contributed by atoms with E-state index in [1.807, 2.05) is 37.4 Å². The Balaban J connectivity index is 2.02. The summed E-state index contributed by atoms with van der Waals surface area (Å²) in [5.74, 6) is -0.899. The second kappa shape index (κ2) is 6.55. The fraction of sp³-hybridized carbons (Fsp3) is 0.188. The van der Waals surface area contributed by atoms with Crippen LogP contribution in [0.4, 0.5) is 0 Å². The van der Waals surface area contributed by atoms with Gasteiger partial charge in [0.05, 0.1) is 5.56 Å². The van der Waals surface area contributed by atoms with Crippen LogP contribution in [0.3, 0.4) is 0 Å². The summed E-state index contributed by atoms with van der Waals surface area (Å²) in [4.78, 5) is 13.1. The average Bonchev–Trinajstić information content (AvgIpc) is 2.38. The summed E-state index contributed by atoms with van der Waals surface area (Å²) in [7, 11) is 1.99. The van der Waals surface area contributed by atoms with Gasteiger partial charge in [0.1, 0.15) is 0 Å². The van der Waals surface area contributed by atoms with Gasteiger partial charge in [0, 0.05) is 18.1 Å². The maximum atomic E-state index is 10.9. The molecule has 0 spiro atoms. The summed E-state index contributed by atoms with van der Waals surface area (Å²) < 4.78 is 0. The smallest absolute Gasteiger partial charge is 0.335 e. The second-order valence-corrected chi connectivity index (χ2v) is 5.24. The Labute approximate surface area is 123 Å². The van der Waals surface area contributed by atoms with Gasteiger partial charge in [-0.1, -0.05) is 35.9 Å². The van der Waals surface area contributed by atoms with Crippen molar-refractivity contribution in [3.05, 3.63) is 70.2 Å². The summed E-state index contributed by atoms with van der Waals surface area (Å²) in [6, 6.07) is 14.7. The van der Waals surface area contributed by atoms with Gasteiger partial charge in [0.2, 0.25) is 0 Å². The van der Waals surface area contributed by atoms with Gasteiger partial charge in [-0.2, -0.15) is 0 Å². The molecule has 0 fully saturated rings. The molecular weight excluding hydrogens is 274 g/mol. The van der Waals surface area contributed by atoms with Crippen LogP contribution in [0, 0.1) is 0 Å². The molecule has 0 amide bonds. The molecule has 2 aromatic carbocycles. The molecule has 0 aliphatic heterocycles. The van der Waals surface area contributed by atoms with Crippen LogP contribution in [-0.4, -0.2) is 23.0 Å². The third-order valence-corrected chi connectivity index (χ3v) is 3.20. The van der Waals surface area contributed by atoms with Crippen molar-refractivity contribution in [1.29, 1.82) is 0 Å². The van der Waals surface area contributed by atoms with Gasteiger partial charge in [-0.15, -0.1) is 0 Å². The van der Waals surface area contributed by atoms with E-state index in [0.29, 0.717) is 12.1 Å². The first kappa shape index (κ1) is 14.6. The molecule has 2 rings (SSSR count). The van der Waals surface area contributed by atoms with E-state index in [-0.39, 0.29) is 0 Å². The van der Waals surface area contributed by atoms with E-state index >= 15 is 0 Å². The standard InChI is InChI=1S/C16H16ClNO2/c1-18(11-13-5-3-7-15(17)9-13)10-12-4-2-6-14(8-12)16(19)20/h2-9H,10-11H2,1H3,(H,19,20). The van der Waals surface area contributed by atoms with E-state index in [4.69, 9.17) is 16.7 Å². The molecule has 0 saturated carbocycles. The van der Waals surface area contributed by atoms with E-state index in [1.54, 1.807) is 18.2 Å². The van der Waals surface area contributed by atoms with E-state index in [0.717, 1.165) is 22.7 Å². The molecule has 0 aromatic heterocycles. The Hall–Kier alpha value is -1.84. The zero-order chi connectivity index (χ0) is 14.5. The van der Waals surface area contributed by atoms with Crippen molar-refractivity contribution in [2.24, 2.45) is 0 Å². The normalized spacial score (nSPS) is 10.8. The molecule has 1 N–H and O–H groups in total. The van der Waals surface area contributed by atoms with Crippen LogP contribution in [0.1, 0.15) is 21.5 Å². The molecule has 0 aliphatic carbocycles. The average molecular weight is 290 g/mol. The van der Waals surface area contributed by atoms with Crippen molar-refractivity contribution in [2.45, 2.75) is 13.1 Å². The first-order valence-corrected chi connectivity index (χ1v) is 6.67. The second-order valence-electron chi connectivity index (χ2n) is 4.81. The summed E-state index contributed by atoms with van der Waals surface area (Å²) in [5, 5.41) is 9.71. The van der Waals surface area contributed by atoms with Crippen LogP contribution in [0.5, 0.6) is 0 Å². The Kier molecular flexibility index (Phi) is 4.77. The summed E-state index contributed by atoms with van der Waals surface area (Å²) in [5.41, 5.74) is 2.43. The Bertz CT molecular complexity index is 613. The zero-order valence-corrected chi connectivity index (χ0v) is 12.0. The lowest BCUT2D eigenvalue weighted by molar-refractivity contribution is 0.0696. The largest absolute Gasteiger partial charge is 0.478 e. The first-order chi connectivity index (χ1) is 9.54. The Morgan fingerprint density at radius 1 is 1.10 bits per heavy atom. The van der Waals surface area contributed by atoms with Crippen molar-refractivity contribution in [2.75, 3.05) is 7.05 Å². The number of rotatable bonds is 5. The topological polar surface area (TPSA) is 40.5 Å². The lowest BCUT2D eigenvalue weighted by atomic mass is 10.1. The van der Waals surface area contributed by atoms with Crippen molar-refractivity contribution in [3.63, 3.8) is 0 Å². The summed E-state index contributed by atoms with van der Waals surface area (Å²) in [6.45, 7) is 1.45. The number of halogens is 1. The van der Waals surface area contributed by atoms with Gasteiger partial charge in [0.25, 0.3) is 0 Å². The zero-order valence-electron chi connectivity index (χ0n) is 11.2. The predicted octanol–water partition coefficient (Wildman–Crippen LogP) is 3.67. The molecule has 0 atom stereocenters. The van der Waals surface area contributed by atoms with Gasteiger partial charge in [-0.3, -0.25) is 4.90 Å². The van der Waals surface area contributed by atoms with E-state index < -0.39 is 5.97 Å². The highest BCUT2D eigenvalue weighted by molar-refractivity contribution is 6.30. The van der Waals surface area contributed by atoms with Crippen molar-refractivity contribution in [3.8, 4) is 0 Å². The molecule has 0 radical (unpaired) electrons. The predicted molar refractivity (Wildman–Crippen MR) is 80.0 cm³/mol. The van der Waals surface area contributed by atoms with Crippen molar-refractivity contribution >= 4 is 17.6 Å². The third-order valence-electron chi connectivity index (χ3n) is 2.97. The highest BCUT2D eigenvalue weighted by atomic mass is 35.5. The molecule has 0 heterocycles. The molecule has 2 aromatic rings.